The third-order valence-electron chi connectivity index (χ3n) is 3.67. The normalized spacial score (nSPS) is 11.9. The summed E-state index contributed by atoms with van der Waals surface area (Å²) in [4.78, 5) is 9.36. The van der Waals surface area contributed by atoms with Crippen LogP contribution in [0.1, 0.15) is 6.92 Å². The first kappa shape index (κ1) is 17.2. The maximum absolute atomic E-state index is 11.7. The second-order valence-corrected chi connectivity index (χ2v) is 9.70. The highest BCUT2D eigenvalue weighted by Crippen LogP contribution is 2.34. The Morgan fingerprint density at radius 1 is 1.00 bits per heavy atom. The molecule has 0 fully saturated rings. The van der Waals surface area contributed by atoms with Crippen molar-refractivity contribution in [3.8, 4) is 5.75 Å². The Labute approximate surface area is 158 Å². The number of ether oxygens (including phenoxy) is 1. The predicted molar refractivity (Wildman–Crippen MR) is 107 cm³/mol. The molecule has 0 saturated heterocycles. The SMILES string of the molecule is CCOc1ccc2nc(Nc3nc4ccc(S(C)(=O)=O)cc4s3)sc2c1. The molecule has 4 aromatic rings. The number of nitrogens with one attached hydrogen (secondary N) is 1. The van der Waals surface area contributed by atoms with Gasteiger partial charge < -0.3 is 10.1 Å². The molecule has 0 aliphatic rings. The first-order chi connectivity index (χ1) is 12.4. The monoisotopic (exact) mass is 405 g/mol. The van der Waals surface area contributed by atoms with Crippen molar-refractivity contribution < 1.29 is 13.2 Å². The van der Waals surface area contributed by atoms with Gasteiger partial charge in [-0.05, 0) is 43.3 Å². The van der Waals surface area contributed by atoms with Crippen LogP contribution in [-0.4, -0.2) is 31.2 Å². The van der Waals surface area contributed by atoms with E-state index in [1.165, 1.54) is 28.9 Å². The third kappa shape index (κ3) is 3.37. The summed E-state index contributed by atoms with van der Waals surface area (Å²) in [5.74, 6) is 0.823. The molecule has 26 heavy (non-hydrogen) atoms. The van der Waals surface area contributed by atoms with Gasteiger partial charge >= 0.3 is 0 Å². The zero-order valence-electron chi connectivity index (χ0n) is 14.0. The molecular formula is C17H15N3O3S3. The summed E-state index contributed by atoms with van der Waals surface area (Å²) in [6.07, 6.45) is 1.20. The van der Waals surface area contributed by atoms with Gasteiger partial charge in [-0.1, -0.05) is 22.7 Å². The highest BCUT2D eigenvalue weighted by atomic mass is 32.2. The molecule has 0 bridgehead atoms. The Kier molecular flexibility index (Phi) is 4.29. The van der Waals surface area contributed by atoms with Crippen LogP contribution in [0, 0.1) is 0 Å². The third-order valence-corrected chi connectivity index (χ3v) is 6.65. The number of thiazole rings is 2. The molecule has 0 radical (unpaired) electrons. The van der Waals surface area contributed by atoms with Gasteiger partial charge in [0, 0.05) is 6.26 Å². The van der Waals surface area contributed by atoms with Gasteiger partial charge in [0.05, 0.1) is 31.9 Å². The minimum absolute atomic E-state index is 0.295. The number of fused-ring (bicyclic) bond motifs is 2. The summed E-state index contributed by atoms with van der Waals surface area (Å²) in [7, 11) is -3.23. The molecule has 2 aromatic carbocycles. The van der Waals surface area contributed by atoms with E-state index in [2.05, 4.69) is 15.3 Å². The Morgan fingerprint density at radius 3 is 2.23 bits per heavy atom. The van der Waals surface area contributed by atoms with E-state index in [0.717, 1.165) is 31.3 Å². The second-order valence-electron chi connectivity index (χ2n) is 5.63. The molecule has 0 unspecified atom stereocenters. The number of aromatic nitrogens is 2. The summed E-state index contributed by atoms with van der Waals surface area (Å²) in [6, 6.07) is 10.8. The van der Waals surface area contributed by atoms with Crippen molar-refractivity contribution in [1.29, 1.82) is 0 Å². The second kappa shape index (κ2) is 6.49. The van der Waals surface area contributed by atoms with E-state index in [-0.39, 0.29) is 0 Å². The lowest BCUT2D eigenvalue weighted by Gasteiger charge is -2.00. The van der Waals surface area contributed by atoms with Gasteiger partial charge in [-0.2, -0.15) is 0 Å². The number of nitrogens with zero attached hydrogens (tertiary/aromatic N) is 2. The molecule has 0 atom stereocenters. The standard InChI is InChI=1S/C17H15N3O3S3/c1-3-23-10-4-6-12-14(8-10)24-16(18-12)20-17-19-13-7-5-11(26(2,21)22)9-15(13)25-17/h4-9H,3H2,1-2H3,(H,18,19,20). The molecule has 0 amide bonds. The van der Waals surface area contributed by atoms with Gasteiger partial charge in [-0.25, -0.2) is 18.4 Å². The van der Waals surface area contributed by atoms with Crippen LogP contribution in [0.15, 0.2) is 41.3 Å². The van der Waals surface area contributed by atoms with Crippen LogP contribution in [0.2, 0.25) is 0 Å². The van der Waals surface area contributed by atoms with Gasteiger partial charge in [-0.15, -0.1) is 0 Å². The number of rotatable bonds is 5. The highest BCUT2D eigenvalue weighted by molar-refractivity contribution is 7.90. The van der Waals surface area contributed by atoms with Crippen LogP contribution in [0.4, 0.5) is 10.3 Å². The molecule has 2 aromatic heterocycles. The lowest BCUT2D eigenvalue weighted by Crippen LogP contribution is -1.95. The number of anilines is 2. The van der Waals surface area contributed by atoms with Crippen molar-refractivity contribution in [2.75, 3.05) is 18.2 Å². The van der Waals surface area contributed by atoms with E-state index < -0.39 is 9.84 Å². The van der Waals surface area contributed by atoms with E-state index in [4.69, 9.17) is 4.74 Å². The minimum Gasteiger partial charge on any atom is -0.494 e. The molecule has 134 valence electrons. The van der Waals surface area contributed by atoms with Crippen LogP contribution in [0.25, 0.3) is 20.4 Å². The average molecular weight is 406 g/mol. The van der Waals surface area contributed by atoms with Crippen LogP contribution < -0.4 is 10.1 Å². The van der Waals surface area contributed by atoms with Crippen molar-refractivity contribution in [2.45, 2.75) is 11.8 Å². The van der Waals surface area contributed by atoms with Crippen molar-refractivity contribution in [2.24, 2.45) is 0 Å². The molecule has 9 heteroatoms. The lowest BCUT2D eigenvalue weighted by molar-refractivity contribution is 0.341. The maximum atomic E-state index is 11.7. The summed E-state index contributed by atoms with van der Waals surface area (Å²) in [6.45, 7) is 2.57. The van der Waals surface area contributed by atoms with Gasteiger partial charge in [0.2, 0.25) is 0 Å². The Hall–Kier alpha value is -2.23. The summed E-state index contributed by atoms with van der Waals surface area (Å²) in [5, 5.41) is 4.63. The molecule has 1 N–H and O–H groups in total. The van der Waals surface area contributed by atoms with Crippen molar-refractivity contribution >= 4 is 63.2 Å². The number of hydrogen-bond donors (Lipinski definition) is 1. The van der Waals surface area contributed by atoms with E-state index in [1.54, 1.807) is 18.2 Å². The fraction of sp³-hybridized carbons (Fsp3) is 0.176. The Bertz CT molecular complexity index is 1210. The molecule has 2 heterocycles. The smallest absolute Gasteiger partial charge is 0.190 e. The van der Waals surface area contributed by atoms with Crippen LogP contribution in [0.5, 0.6) is 5.75 Å². The van der Waals surface area contributed by atoms with Crippen molar-refractivity contribution in [3.05, 3.63) is 36.4 Å². The predicted octanol–water partition coefficient (Wildman–Crippen LogP) is 4.45. The Balaban J connectivity index is 1.65. The average Bonchev–Trinajstić information content (AvgIpc) is 3.15. The van der Waals surface area contributed by atoms with Crippen molar-refractivity contribution in [3.63, 3.8) is 0 Å². The van der Waals surface area contributed by atoms with E-state index in [1.807, 2.05) is 25.1 Å². The Morgan fingerprint density at radius 2 is 1.62 bits per heavy atom. The van der Waals surface area contributed by atoms with Crippen LogP contribution in [0.3, 0.4) is 0 Å². The van der Waals surface area contributed by atoms with E-state index >= 15 is 0 Å². The highest BCUT2D eigenvalue weighted by Gasteiger charge is 2.12. The van der Waals surface area contributed by atoms with Crippen molar-refractivity contribution in [1.82, 2.24) is 9.97 Å². The number of benzene rings is 2. The number of hydrogen-bond acceptors (Lipinski definition) is 8. The summed E-state index contributed by atoms with van der Waals surface area (Å²) < 4.78 is 30.8. The lowest BCUT2D eigenvalue weighted by atomic mass is 10.3. The molecule has 0 saturated carbocycles. The van der Waals surface area contributed by atoms with Crippen LogP contribution in [-0.2, 0) is 9.84 Å². The molecule has 0 aliphatic carbocycles. The van der Waals surface area contributed by atoms with E-state index in [0.29, 0.717) is 16.6 Å². The topological polar surface area (TPSA) is 81.2 Å². The fourth-order valence-corrected chi connectivity index (χ4v) is 5.08. The molecule has 6 nitrogen and oxygen atoms in total. The van der Waals surface area contributed by atoms with Gasteiger partial charge in [0.15, 0.2) is 20.1 Å². The first-order valence-electron chi connectivity index (χ1n) is 7.83. The molecular weight excluding hydrogens is 390 g/mol. The molecule has 4 rings (SSSR count). The zero-order chi connectivity index (χ0) is 18.3. The van der Waals surface area contributed by atoms with Gasteiger partial charge in [0.25, 0.3) is 0 Å². The minimum atomic E-state index is -3.23. The summed E-state index contributed by atoms with van der Waals surface area (Å²) >= 11 is 2.92. The quantitative estimate of drug-likeness (QED) is 0.528. The fourth-order valence-electron chi connectivity index (χ4n) is 2.50. The molecule has 0 spiro atoms. The van der Waals surface area contributed by atoms with Gasteiger partial charge in [0.1, 0.15) is 5.75 Å². The maximum Gasteiger partial charge on any atom is 0.190 e. The zero-order valence-corrected chi connectivity index (χ0v) is 16.5. The summed E-state index contributed by atoms with van der Waals surface area (Å²) in [5.41, 5.74) is 1.64. The first-order valence-corrected chi connectivity index (χ1v) is 11.4. The molecule has 0 aliphatic heterocycles. The van der Waals surface area contributed by atoms with E-state index in [9.17, 15) is 8.42 Å². The largest absolute Gasteiger partial charge is 0.494 e. The number of sulfone groups is 1. The van der Waals surface area contributed by atoms with Gasteiger partial charge in [-0.3, -0.25) is 0 Å². The van der Waals surface area contributed by atoms with Crippen LogP contribution >= 0.6 is 22.7 Å².